The Hall–Kier alpha value is -1.81. The number of aromatic nitrogens is 2. The molecule has 0 aliphatic rings. The monoisotopic (exact) mass is 231 g/mol. The first-order valence-electron chi connectivity index (χ1n) is 5.64. The number of hydrogen-bond acceptors (Lipinski definition) is 3. The Morgan fingerprint density at radius 3 is 2.94 bits per heavy atom. The molecule has 0 saturated heterocycles. The molecular weight excluding hydrogens is 214 g/mol. The van der Waals surface area contributed by atoms with Crippen molar-refractivity contribution in [3.8, 4) is 5.75 Å². The number of rotatable bonds is 4. The summed E-state index contributed by atoms with van der Waals surface area (Å²) in [4.78, 5) is 0. The summed E-state index contributed by atoms with van der Waals surface area (Å²) in [7, 11) is 1.92. The fourth-order valence-electron chi connectivity index (χ4n) is 1.84. The zero-order valence-corrected chi connectivity index (χ0v) is 10.1. The van der Waals surface area contributed by atoms with Gasteiger partial charge in [0.05, 0.1) is 12.7 Å². The van der Waals surface area contributed by atoms with Crippen LogP contribution in [0.1, 0.15) is 16.8 Å². The van der Waals surface area contributed by atoms with Crippen LogP contribution in [0.2, 0.25) is 0 Å². The Morgan fingerprint density at radius 2 is 2.24 bits per heavy atom. The van der Waals surface area contributed by atoms with Crippen LogP contribution in [0.3, 0.4) is 0 Å². The van der Waals surface area contributed by atoms with Crippen LogP contribution in [0.4, 0.5) is 0 Å². The van der Waals surface area contributed by atoms with Gasteiger partial charge in [-0.15, -0.1) is 0 Å². The molecule has 1 aromatic carbocycles. The first kappa shape index (κ1) is 11.7. The van der Waals surface area contributed by atoms with Crippen LogP contribution in [0, 0.1) is 6.92 Å². The number of aromatic hydroxyl groups is 1. The summed E-state index contributed by atoms with van der Waals surface area (Å²) >= 11 is 0. The van der Waals surface area contributed by atoms with Crippen LogP contribution in [-0.2, 0) is 13.1 Å². The minimum atomic E-state index is 0.294. The lowest BCUT2D eigenvalue weighted by Crippen LogP contribution is -2.08. The van der Waals surface area contributed by atoms with Crippen molar-refractivity contribution >= 4 is 0 Å². The quantitative estimate of drug-likeness (QED) is 0.841. The highest BCUT2D eigenvalue weighted by atomic mass is 16.3. The SMILES string of the molecule is CNCc1cnn(Cc2cccc(O)c2)c1C. The number of nitrogens with zero attached hydrogens (tertiary/aromatic N) is 2. The minimum absolute atomic E-state index is 0.294. The molecule has 2 rings (SSSR count). The maximum Gasteiger partial charge on any atom is 0.115 e. The molecule has 1 aromatic heterocycles. The first-order chi connectivity index (χ1) is 8.20. The summed E-state index contributed by atoms with van der Waals surface area (Å²) in [5.74, 6) is 0.294. The lowest BCUT2D eigenvalue weighted by molar-refractivity contribution is 0.474. The zero-order chi connectivity index (χ0) is 12.3. The molecule has 0 spiro atoms. The molecule has 90 valence electrons. The van der Waals surface area contributed by atoms with Gasteiger partial charge in [0.1, 0.15) is 5.75 Å². The van der Waals surface area contributed by atoms with Crippen molar-refractivity contribution in [2.45, 2.75) is 20.0 Å². The maximum absolute atomic E-state index is 9.41. The van der Waals surface area contributed by atoms with Gasteiger partial charge in [0, 0.05) is 17.8 Å². The smallest absolute Gasteiger partial charge is 0.115 e. The highest BCUT2D eigenvalue weighted by Crippen LogP contribution is 2.14. The Balaban J connectivity index is 2.19. The van der Waals surface area contributed by atoms with Crippen molar-refractivity contribution < 1.29 is 5.11 Å². The van der Waals surface area contributed by atoms with Crippen molar-refractivity contribution in [2.75, 3.05) is 7.05 Å². The molecule has 0 amide bonds. The largest absolute Gasteiger partial charge is 0.508 e. The van der Waals surface area contributed by atoms with Crippen LogP contribution in [-0.4, -0.2) is 21.9 Å². The van der Waals surface area contributed by atoms with Crippen LogP contribution in [0.5, 0.6) is 5.75 Å². The molecule has 1 heterocycles. The van der Waals surface area contributed by atoms with E-state index in [1.165, 1.54) is 5.56 Å². The molecule has 4 heteroatoms. The van der Waals surface area contributed by atoms with Gasteiger partial charge in [0.2, 0.25) is 0 Å². The van der Waals surface area contributed by atoms with Crippen molar-refractivity contribution in [1.82, 2.24) is 15.1 Å². The van der Waals surface area contributed by atoms with E-state index in [1.54, 1.807) is 12.1 Å². The van der Waals surface area contributed by atoms with E-state index < -0.39 is 0 Å². The third-order valence-corrected chi connectivity index (χ3v) is 2.81. The molecule has 17 heavy (non-hydrogen) atoms. The van der Waals surface area contributed by atoms with E-state index in [-0.39, 0.29) is 0 Å². The third kappa shape index (κ3) is 2.65. The van der Waals surface area contributed by atoms with Crippen LogP contribution in [0.15, 0.2) is 30.5 Å². The molecule has 0 atom stereocenters. The fraction of sp³-hybridized carbons (Fsp3) is 0.308. The topological polar surface area (TPSA) is 50.1 Å². The maximum atomic E-state index is 9.41. The van der Waals surface area contributed by atoms with Crippen molar-refractivity contribution in [2.24, 2.45) is 0 Å². The predicted octanol–water partition coefficient (Wildman–Crippen LogP) is 1.66. The van der Waals surface area contributed by atoms with Crippen LogP contribution >= 0.6 is 0 Å². The normalized spacial score (nSPS) is 10.7. The molecule has 2 N–H and O–H groups in total. The fourth-order valence-corrected chi connectivity index (χ4v) is 1.84. The van der Waals surface area contributed by atoms with E-state index in [4.69, 9.17) is 0 Å². The lowest BCUT2D eigenvalue weighted by atomic mass is 10.2. The zero-order valence-electron chi connectivity index (χ0n) is 10.1. The van der Waals surface area contributed by atoms with Gasteiger partial charge in [0.25, 0.3) is 0 Å². The second-order valence-corrected chi connectivity index (χ2v) is 4.11. The van der Waals surface area contributed by atoms with Gasteiger partial charge in [-0.2, -0.15) is 5.10 Å². The van der Waals surface area contributed by atoms with Crippen molar-refractivity contribution in [3.05, 3.63) is 47.3 Å². The number of hydrogen-bond donors (Lipinski definition) is 2. The molecule has 0 fully saturated rings. The van der Waals surface area contributed by atoms with Gasteiger partial charge in [-0.3, -0.25) is 4.68 Å². The summed E-state index contributed by atoms with van der Waals surface area (Å²) in [5.41, 5.74) is 3.41. The van der Waals surface area contributed by atoms with E-state index in [1.807, 2.05) is 30.1 Å². The Bertz CT molecular complexity index is 505. The number of phenols is 1. The first-order valence-corrected chi connectivity index (χ1v) is 5.64. The Labute approximate surface area is 101 Å². The van der Waals surface area contributed by atoms with Crippen LogP contribution < -0.4 is 5.32 Å². The third-order valence-electron chi connectivity index (χ3n) is 2.81. The van der Waals surface area contributed by atoms with E-state index in [0.29, 0.717) is 12.3 Å². The standard InChI is InChI=1S/C13H17N3O/c1-10-12(7-14-2)8-15-16(10)9-11-4-3-5-13(17)6-11/h3-6,8,14,17H,7,9H2,1-2H3. The molecule has 0 saturated carbocycles. The molecule has 0 unspecified atom stereocenters. The predicted molar refractivity (Wildman–Crippen MR) is 66.9 cm³/mol. The molecular formula is C13H17N3O. The molecule has 2 aromatic rings. The molecule has 4 nitrogen and oxygen atoms in total. The summed E-state index contributed by atoms with van der Waals surface area (Å²) in [5, 5.41) is 16.9. The summed E-state index contributed by atoms with van der Waals surface area (Å²) < 4.78 is 1.95. The van der Waals surface area contributed by atoms with E-state index in [9.17, 15) is 5.11 Å². The van der Waals surface area contributed by atoms with Crippen molar-refractivity contribution in [3.63, 3.8) is 0 Å². The summed E-state index contributed by atoms with van der Waals surface area (Å²) in [6.07, 6.45) is 1.88. The van der Waals surface area contributed by atoms with E-state index >= 15 is 0 Å². The summed E-state index contributed by atoms with van der Waals surface area (Å²) in [6, 6.07) is 7.27. The van der Waals surface area contributed by atoms with Gasteiger partial charge < -0.3 is 10.4 Å². The van der Waals surface area contributed by atoms with Crippen molar-refractivity contribution in [1.29, 1.82) is 0 Å². The van der Waals surface area contributed by atoms with Gasteiger partial charge in [0.15, 0.2) is 0 Å². The van der Waals surface area contributed by atoms with E-state index in [0.717, 1.165) is 17.8 Å². The highest BCUT2D eigenvalue weighted by molar-refractivity contribution is 5.28. The number of benzene rings is 1. The van der Waals surface area contributed by atoms with Gasteiger partial charge >= 0.3 is 0 Å². The molecule has 0 radical (unpaired) electrons. The second-order valence-electron chi connectivity index (χ2n) is 4.11. The molecule has 0 bridgehead atoms. The van der Waals surface area contributed by atoms with Crippen LogP contribution in [0.25, 0.3) is 0 Å². The molecule has 0 aliphatic carbocycles. The van der Waals surface area contributed by atoms with Gasteiger partial charge in [-0.05, 0) is 31.7 Å². The molecule has 0 aliphatic heterocycles. The Kier molecular flexibility index (Phi) is 3.44. The Morgan fingerprint density at radius 1 is 1.41 bits per heavy atom. The average molecular weight is 231 g/mol. The lowest BCUT2D eigenvalue weighted by Gasteiger charge is -2.06. The van der Waals surface area contributed by atoms with Gasteiger partial charge in [-0.1, -0.05) is 12.1 Å². The highest BCUT2D eigenvalue weighted by Gasteiger charge is 2.06. The number of nitrogens with one attached hydrogen (secondary N) is 1. The van der Waals surface area contributed by atoms with Gasteiger partial charge in [-0.25, -0.2) is 0 Å². The number of phenolic OH excluding ortho intramolecular Hbond substituents is 1. The summed E-state index contributed by atoms with van der Waals surface area (Å²) in [6.45, 7) is 3.57. The minimum Gasteiger partial charge on any atom is -0.508 e. The second kappa shape index (κ2) is 5.01. The average Bonchev–Trinajstić information content (AvgIpc) is 2.62. The van der Waals surface area contributed by atoms with E-state index in [2.05, 4.69) is 17.3 Å².